The average Bonchev–Trinajstić information content (AvgIpc) is 3.12. The molecule has 0 aliphatic carbocycles. The van der Waals surface area contributed by atoms with Gasteiger partial charge in [-0.3, -0.25) is 14.4 Å². The van der Waals surface area contributed by atoms with Gasteiger partial charge in [-0.15, -0.1) is 0 Å². The molecule has 2 N–H and O–H groups in total. The van der Waals surface area contributed by atoms with Gasteiger partial charge in [0, 0.05) is 22.3 Å². The number of hydrogen-bond acceptors (Lipinski definition) is 5. The van der Waals surface area contributed by atoms with Gasteiger partial charge in [0.25, 0.3) is 17.7 Å². The Bertz CT molecular complexity index is 1560. The highest BCUT2D eigenvalue weighted by Crippen LogP contribution is 2.31. The summed E-state index contributed by atoms with van der Waals surface area (Å²) in [4.78, 5) is 39.9. The predicted molar refractivity (Wildman–Crippen MR) is 145 cm³/mol. The van der Waals surface area contributed by atoms with E-state index < -0.39 is 11.8 Å². The van der Waals surface area contributed by atoms with E-state index in [1.165, 1.54) is 0 Å². The molecule has 0 unspecified atom stereocenters. The Balaban J connectivity index is 1.34. The zero-order valence-electron chi connectivity index (χ0n) is 19.8. The maximum atomic E-state index is 13.1. The van der Waals surface area contributed by atoms with Crippen molar-refractivity contribution in [3.05, 3.63) is 107 Å². The molecule has 0 radical (unpaired) electrons. The molecule has 0 saturated carbocycles. The number of carbonyl (C=O) groups is 3. The summed E-state index contributed by atoms with van der Waals surface area (Å²) in [6.45, 7) is 2.37. The van der Waals surface area contributed by atoms with Crippen LogP contribution in [0, 0.1) is 0 Å². The number of anilines is 3. The molecule has 1 aliphatic rings. The minimum Gasteiger partial charge on any atom is -0.494 e. The largest absolute Gasteiger partial charge is 0.494 e. The number of imide groups is 1. The number of hydrogen-bond donors (Lipinski definition) is 2. The lowest BCUT2D eigenvalue weighted by atomic mass is 10.1. The molecule has 37 heavy (non-hydrogen) atoms. The molecule has 0 spiro atoms. The first-order valence-electron chi connectivity index (χ1n) is 11.6. The van der Waals surface area contributed by atoms with Gasteiger partial charge in [0.2, 0.25) is 0 Å². The monoisotopic (exact) mass is 511 g/mol. The number of nitrogens with zero attached hydrogens (tertiary/aromatic N) is 1. The van der Waals surface area contributed by atoms with Gasteiger partial charge < -0.3 is 15.4 Å². The van der Waals surface area contributed by atoms with Gasteiger partial charge in [-0.25, -0.2) is 4.90 Å². The standard InChI is InChI=1S/C29H22ClN3O4/c1-2-37-22-15-13-21(14-16-22)33-28(35)25(30)26(29(33)36)31-20-10-5-9-19(17-20)27(34)32-24-12-6-8-18-7-3-4-11-23(18)24/h3-17,31H,2H2,1H3,(H,32,34). The number of fused-ring (bicyclic) bond motifs is 1. The van der Waals surface area contributed by atoms with Gasteiger partial charge in [-0.05, 0) is 60.8 Å². The molecule has 0 atom stereocenters. The first-order valence-corrected chi connectivity index (χ1v) is 12.0. The van der Waals surface area contributed by atoms with Gasteiger partial charge in [0.05, 0.1) is 12.3 Å². The molecule has 4 aromatic rings. The second-order valence-electron chi connectivity index (χ2n) is 8.25. The van der Waals surface area contributed by atoms with Gasteiger partial charge in [-0.2, -0.15) is 0 Å². The molecular weight excluding hydrogens is 490 g/mol. The molecule has 3 amide bonds. The summed E-state index contributed by atoms with van der Waals surface area (Å²) >= 11 is 6.27. The van der Waals surface area contributed by atoms with Gasteiger partial charge in [0.1, 0.15) is 16.5 Å². The second-order valence-corrected chi connectivity index (χ2v) is 8.63. The van der Waals surface area contributed by atoms with E-state index in [2.05, 4.69) is 10.6 Å². The summed E-state index contributed by atoms with van der Waals surface area (Å²) < 4.78 is 5.42. The van der Waals surface area contributed by atoms with Crippen molar-refractivity contribution in [3.8, 4) is 5.75 Å². The maximum absolute atomic E-state index is 13.1. The molecular formula is C29H22ClN3O4. The Hall–Kier alpha value is -4.62. The summed E-state index contributed by atoms with van der Waals surface area (Å²) in [7, 11) is 0. The Morgan fingerprint density at radius 2 is 1.62 bits per heavy atom. The normalized spacial score (nSPS) is 13.3. The van der Waals surface area contributed by atoms with Crippen LogP contribution in [0.3, 0.4) is 0 Å². The Morgan fingerprint density at radius 3 is 2.41 bits per heavy atom. The van der Waals surface area contributed by atoms with E-state index >= 15 is 0 Å². The lowest BCUT2D eigenvalue weighted by Crippen LogP contribution is -2.32. The number of rotatable bonds is 7. The molecule has 7 nitrogen and oxygen atoms in total. The van der Waals surface area contributed by atoms with Crippen molar-refractivity contribution in [1.82, 2.24) is 0 Å². The topological polar surface area (TPSA) is 87.7 Å². The number of benzene rings is 4. The number of carbonyl (C=O) groups excluding carboxylic acids is 3. The second kappa shape index (κ2) is 10.2. The van der Waals surface area contributed by atoms with Crippen LogP contribution >= 0.6 is 11.6 Å². The molecule has 5 rings (SSSR count). The Morgan fingerprint density at radius 1 is 0.892 bits per heavy atom. The molecule has 0 aromatic heterocycles. The van der Waals surface area contributed by atoms with E-state index in [1.807, 2.05) is 49.4 Å². The van der Waals surface area contributed by atoms with Crippen LogP contribution in [0.2, 0.25) is 0 Å². The van der Waals surface area contributed by atoms with Gasteiger partial charge in [-0.1, -0.05) is 54.1 Å². The Labute approximate surface area is 218 Å². The van der Waals surface area contributed by atoms with E-state index in [4.69, 9.17) is 16.3 Å². The first-order chi connectivity index (χ1) is 18.0. The molecule has 8 heteroatoms. The summed E-state index contributed by atoms with van der Waals surface area (Å²) in [5, 5.41) is 7.57. The fourth-order valence-corrected chi connectivity index (χ4v) is 4.33. The third kappa shape index (κ3) is 4.77. The number of halogens is 1. The van der Waals surface area contributed by atoms with Crippen molar-refractivity contribution in [1.29, 1.82) is 0 Å². The number of nitrogens with one attached hydrogen (secondary N) is 2. The molecule has 4 aromatic carbocycles. The predicted octanol–water partition coefficient (Wildman–Crippen LogP) is 5.93. The highest BCUT2D eigenvalue weighted by molar-refractivity contribution is 6.53. The highest BCUT2D eigenvalue weighted by Gasteiger charge is 2.39. The Kier molecular flexibility index (Phi) is 6.62. The van der Waals surface area contributed by atoms with Crippen molar-refractivity contribution >= 4 is 57.2 Å². The SMILES string of the molecule is CCOc1ccc(N2C(=O)C(Cl)=C(Nc3cccc(C(=O)Nc4cccc5ccccc45)c3)C2=O)cc1. The van der Waals surface area contributed by atoms with E-state index in [0.29, 0.717) is 35.0 Å². The lowest BCUT2D eigenvalue weighted by molar-refractivity contribution is -0.120. The summed E-state index contributed by atoms with van der Waals surface area (Å²) in [6, 6.07) is 26.7. The first kappa shape index (κ1) is 24.1. The third-order valence-corrected chi connectivity index (χ3v) is 6.22. The quantitative estimate of drug-likeness (QED) is 0.300. The smallest absolute Gasteiger partial charge is 0.283 e. The zero-order chi connectivity index (χ0) is 25.9. The number of ether oxygens (including phenoxy) is 1. The minimum atomic E-state index is -0.636. The van der Waals surface area contributed by atoms with Crippen molar-refractivity contribution in [2.75, 3.05) is 22.1 Å². The minimum absolute atomic E-state index is 0.0628. The van der Waals surface area contributed by atoms with E-state index in [-0.39, 0.29) is 16.6 Å². The van der Waals surface area contributed by atoms with Crippen LogP contribution in [0.4, 0.5) is 17.1 Å². The molecule has 0 fully saturated rings. The van der Waals surface area contributed by atoms with E-state index in [9.17, 15) is 14.4 Å². The fraction of sp³-hybridized carbons (Fsp3) is 0.0690. The van der Waals surface area contributed by atoms with Crippen LogP contribution in [-0.4, -0.2) is 24.3 Å². The van der Waals surface area contributed by atoms with Crippen LogP contribution in [0.15, 0.2) is 102 Å². The van der Waals surface area contributed by atoms with Crippen molar-refractivity contribution in [2.24, 2.45) is 0 Å². The molecule has 0 saturated heterocycles. The highest BCUT2D eigenvalue weighted by atomic mass is 35.5. The zero-order valence-corrected chi connectivity index (χ0v) is 20.6. The summed E-state index contributed by atoms with van der Waals surface area (Å²) in [6.07, 6.45) is 0. The van der Waals surface area contributed by atoms with Crippen molar-refractivity contribution in [2.45, 2.75) is 6.92 Å². The fourth-order valence-electron chi connectivity index (χ4n) is 4.12. The van der Waals surface area contributed by atoms with Crippen molar-refractivity contribution in [3.63, 3.8) is 0 Å². The molecule has 184 valence electrons. The third-order valence-electron chi connectivity index (χ3n) is 5.87. The number of amides is 3. The van der Waals surface area contributed by atoms with Crippen molar-refractivity contribution < 1.29 is 19.1 Å². The lowest BCUT2D eigenvalue weighted by Gasteiger charge is -2.16. The molecule has 0 bridgehead atoms. The van der Waals surface area contributed by atoms with Crippen LogP contribution in [-0.2, 0) is 9.59 Å². The average molecular weight is 512 g/mol. The van der Waals surface area contributed by atoms with Crippen LogP contribution in [0.1, 0.15) is 17.3 Å². The summed E-state index contributed by atoms with van der Waals surface area (Å²) in [5.74, 6) is -0.917. The van der Waals surface area contributed by atoms with E-state index in [0.717, 1.165) is 15.7 Å². The maximum Gasteiger partial charge on any atom is 0.283 e. The van der Waals surface area contributed by atoms with E-state index in [1.54, 1.807) is 48.5 Å². The van der Waals surface area contributed by atoms with Gasteiger partial charge in [0.15, 0.2) is 0 Å². The molecule has 1 heterocycles. The van der Waals surface area contributed by atoms with Crippen LogP contribution in [0.25, 0.3) is 10.8 Å². The summed E-state index contributed by atoms with van der Waals surface area (Å²) in [5.41, 5.74) is 1.81. The van der Waals surface area contributed by atoms with Crippen LogP contribution < -0.4 is 20.3 Å². The molecule has 1 aliphatic heterocycles. The van der Waals surface area contributed by atoms with Gasteiger partial charge >= 0.3 is 0 Å². The van der Waals surface area contributed by atoms with Crippen LogP contribution in [0.5, 0.6) is 5.75 Å².